The van der Waals surface area contributed by atoms with Crippen molar-refractivity contribution in [3.63, 3.8) is 0 Å². The molecule has 8 heteroatoms. The number of hydrogen-bond acceptors (Lipinski definition) is 5. The summed E-state index contributed by atoms with van der Waals surface area (Å²) in [6.07, 6.45) is 3.11. The zero-order valence-electron chi connectivity index (χ0n) is 18.4. The maximum absolute atomic E-state index is 12.4. The third kappa shape index (κ3) is 6.10. The lowest BCUT2D eigenvalue weighted by Crippen LogP contribution is -2.30. The summed E-state index contributed by atoms with van der Waals surface area (Å²) in [6, 6.07) is 12.1. The Morgan fingerprint density at radius 1 is 1.19 bits per heavy atom. The topological polar surface area (TPSA) is 97.0 Å². The van der Waals surface area contributed by atoms with Gasteiger partial charge >= 0.3 is 6.03 Å². The molecular weight excluding hydrogens is 410 g/mol. The van der Waals surface area contributed by atoms with Gasteiger partial charge < -0.3 is 20.1 Å². The van der Waals surface area contributed by atoms with Gasteiger partial charge in [0.2, 0.25) is 11.8 Å². The molecule has 1 saturated heterocycles. The standard InChI is InChI=1S/C24H27N3O5/c1-16(2)15-32-20-9-7-17(12-21(20)31-3)8-10-22(28)26-19-6-4-5-18(11-19)14-27-23(29)13-25-24(27)30/h4-12,16H,13-15H2,1-3H3,(H,25,30)(H,26,28)/b10-8+. The monoisotopic (exact) mass is 437 g/mol. The molecule has 1 fully saturated rings. The predicted octanol–water partition coefficient (Wildman–Crippen LogP) is 3.43. The molecular formula is C24H27N3O5. The average molecular weight is 437 g/mol. The van der Waals surface area contributed by atoms with Crippen LogP contribution in [0.1, 0.15) is 25.0 Å². The van der Waals surface area contributed by atoms with Gasteiger partial charge in [-0.05, 0) is 47.4 Å². The molecule has 1 aliphatic heterocycles. The summed E-state index contributed by atoms with van der Waals surface area (Å²) in [5, 5.41) is 5.27. The van der Waals surface area contributed by atoms with Gasteiger partial charge in [0.15, 0.2) is 11.5 Å². The summed E-state index contributed by atoms with van der Waals surface area (Å²) in [7, 11) is 1.57. The lowest BCUT2D eigenvalue weighted by atomic mass is 10.1. The molecule has 4 amide bonds. The molecule has 0 radical (unpaired) electrons. The molecule has 1 aliphatic rings. The molecule has 8 nitrogen and oxygen atoms in total. The Morgan fingerprint density at radius 3 is 2.69 bits per heavy atom. The van der Waals surface area contributed by atoms with Crippen LogP contribution in [0.3, 0.4) is 0 Å². The number of imide groups is 1. The minimum atomic E-state index is -0.413. The molecule has 2 aromatic rings. The van der Waals surface area contributed by atoms with Crippen LogP contribution in [0.15, 0.2) is 48.5 Å². The Hall–Kier alpha value is -3.81. The maximum atomic E-state index is 12.4. The van der Waals surface area contributed by atoms with Gasteiger partial charge in [0.05, 0.1) is 26.8 Å². The van der Waals surface area contributed by atoms with Crippen LogP contribution >= 0.6 is 0 Å². The number of nitrogens with one attached hydrogen (secondary N) is 2. The van der Waals surface area contributed by atoms with E-state index < -0.39 is 6.03 Å². The fourth-order valence-electron chi connectivity index (χ4n) is 3.06. The summed E-state index contributed by atoms with van der Waals surface area (Å²) in [5.41, 5.74) is 2.10. The molecule has 2 N–H and O–H groups in total. The number of urea groups is 1. The average Bonchev–Trinajstić information content (AvgIpc) is 3.08. The summed E-state index contributed by atoms with van der Waals surface area (Å²) in [6.45, 7) is 4.88. The Labute approximate surface area is 187 Å². The van der Waals surface area contributed by atoms with E-state index in [0.717, 1.165) is 16.0 Å². The number of nitrogens with zero attached hydrogens (tertiary/aromatic N) is 1. The lowest BCUT2D eigenvalue weighted by Gasteiger charge is -2.13. The molecule has 32 heavy (non-hydrogen) atoms. The highest BCUT2D eigenvalue weighted by molar-refractivity contribution is 6.02. The molecule has 0 saturated carbocycles. The minimum Gasteiger partial charge on any atom is -0.493 e. The van der Waals surface area contributed by atoms with Crippen LogP contribution < -0.4 is 20.1 Å². The van der Waals surface area contributed by atoms with E-state index >= 15 is 0 Å². The van der Waals surface area contributed by atoms with Crippen LogP contribution in [0, 0.1) is 5.92 Å². The number of carbonyl (C=O) groups is 3. The van der Waals surface area contributed by atoms with Gasteiger partial charge in [0.1, 0.15) is 0 Å². The number of amides is 4. The van der Waals surface area contributed by atoms with Gasteiger partial charge in [0.25, 0.3) is 0 Å². The van der Waals surface area contributed by atoms with Crippen LogP contribution in [0.2, 0.25) is 0 Å². The van der Waals surface area contributed by atoms with Crippen molar-refractivity contribution in [2.45, 2.75) is 20.4 Å². The highest BCUT2D eigenvalue weighted by Gasteiger charge is 2.28. The second-order valence-corrected chi connectivity index (χ2v) is 7.78. The van der Waals surface area contributed by atoms with Gasteiger partial charge in [0, 0.05) is 11.8 Å². The number of ether oxygens (including phenoxy) is 2. The first-order chi connectivity index (χ1) is 15.4. The number of anilines is 1. The fraction of sp³-hybridized carbons (Fsp3) is 0.292. The zero-order valence-corrected chi connectivity index (χ0v) is 18.4. The third-order valence-corrected chi connectivity index (χ3v) is 4.66. The molecule has 0 atom stereocenters. The summed E-state index contributed by atoms with van der Waals surface area (Å²) in [5.74, 6) is 1.07. The molecule has 2 aromatic carbocycles. The molecule has 0 aliphatic carbocycles. The second-order valence-electron chi connectivity index (χ2n) is 7.78. The normalized spacial score (nSPS) is 13.6. The van der Waals surface area contributed by atoms with Crippen molar-refractivity contribution in [3.05, 3.63) is 59.7 Å². The van der Waals surface area contributed by atoms with Gasteiger partial charge in [-0.1, -0.05) is 32.0 Å². The van der Waals surface area contributed by atoms with Crippen molar-refractivity contribution in [2.24, 2.45) is 5.92 Å². The number of rotatable bonds is 9. The summed E-state index contributed by atoms with van der Waals surface area (Å²) < 4.78 is 11.1. The van der Waals surface area contributed by atoms with Gasteiger partial charge in [-0.2, -0.15) is 0 Å². The number of benzene rings is 2. The Bertz CT molecular complexity index is 1020. The first-order valence-electron chi connectivity index (χ1n) is 10.3. The number of hydrogen-bond donors (Lipinski definition) is 2. The Kier molecular flexibility index (Phi) is 7.49. The highest BCUT2D eigenvalue weighted by atomic mass is 16.5. The van der Waals surface area contributed by atoms with E-state index in [1.165, 1.54) is 6.08 Å². The lowest BCUT2D eigenvalue weighted by molar-refractivity contribution is -0.125. The number of methoxy groups -OCH3 is 1. The van der Waals surface area contributed by atoms with Crippen LogP contribution in [0.5, 0.6) is 11.5 Å². The molecule has 168 valence electrons. The Morgan fingerprint density at radius 2 is 2.00 bits per heavy atom. The zero-order chi connectivity index (χ0) is 23.1. The maximum Gasteiger partial charge on any atom is 0.324 e. The minimum absolute atomic E-state index is 0.00959. The van der Waals surface area contributed by atoms with E-state index in [9.17, 15) is 14.4 Å². The third-order valence-electron chi connectivity index (χ3n) is 4.66. The summed E-state index contributed by atoms with van der Waals surface area (Å²) in [4.78, 5) is 37.0. The summed E-state index contributed by atoms with van der Waals surface area (Å²) >= 11 is 0. The van der Waals surface area contributed by atoms with Gasteiger partial charge in [-0.15, -0.1) is 0 Å². The van der Waals surface area contributed by atoms with E-state index in [2.05, 4.69) is 24.5 Å². The molecule has 0 spiro atoms. The van der Waals surface area contributed by atoms with E-state index in [1.54, 1.807) is 43.5 Å². The van der Waals surface area contributed by atoms with Crippen molar-refractivity contribution < 1.29 is 23.9 Å². The van der Waals surface area contributed by atoms with Crippen LogP contribution in [-0.4, -0.2) is 43.0 Å². The number of carbonyl (C=O) groups excluding carboxylic acids is 3. The van der Waals surface area contributed by atoms with Gasteiger partial charge in [-0.25, -0.2) is 4.79 Å². The first kappa shape index (κ1) is 22.9. The first-order valence-corrected chi connectivity index (χ1v) is 10.3. The molecule has 1 heterocycles. The van der Waals surface area contributed by atoms with Crippen molar-refractivity contribution >= 4 is 29.6 Å². The smallest absolute Gasteiger partial charge is 0.324 e. The molecule has 0 aromatic heterocycles. The van der Waals surface area contributed by atoms with Crippen LogP contribution in [0.4, 0.5) is 10.5 Å². The van der Waals surface area contributed by atoms with Crippen molar-refractivity contribution in [2.75, 3.05) is 25.6 Å². The van der Waals surface area contributed by atoms with Crippen LogP contribution in [-0.2, 0) is 16.1 Å². The highest BCUT2D eigenvalue weighted by Crippen LogP contribution is 2.29. The van der Waals surface area contributed by atoms with Crippen molar-refractivity contribution in [3.8, 4) is 11.5 Å². The SMILES string of the molecule is COc1cc(/C=C/C(=O)Nc2cccc(CN3C(=O)CNC3=O)c2)ccc1OCC(C)C. The van der Waals surface area contributed by atoms with E-state index in [1.807, 2.05) is 12.1 Å². The molecule has 0 unspecified atom stereocenters. The fourth-order valence-corrected chi connectivity index (χ4v) is 3.06. The largest absolute Gasteiger partial charge is 0.493 e. The van der Waals surface area contributed by atoms with Crippen molar-refractivity contribution in [1.82, 2.24) is 10.2 Å². The van der Waals surface area contributed by atoms with Gasteiger partial charge in [-0.3, -0.25) is 14.5 Å². The van der Waals surface area contributed by atoms with Crippen LogP contribution in [0.25, 0.3) is 6.08 Å². The quantitative estimate of drug-likeness (QED) is 0.463. The van der Waals surface area contributed by atoms with Crippen molar-refractivity contribution in [1.29, 1.82) is 0 Å². The predicted molar refractivity (Wildman–Crippen MR) is 121 cm³/mol. The molecule has 3 rings (SSSR count). The van der Waals surface area contributed by atoms with E-state index in [4.69, 9.17) is 9.47 Å². The second kappa shape index (κ2) is 10.5. The van der Waals surface area contributed by atoms with E-state index in [-0.39, 0.29) is 24.9 Å². The molecule has 0 bridgehead atoms. The Balaban J connectivity index is 1.62. The van der Waals surface area contributed by atoms with E-state index in [0.29, 0.717) is 29.7 Å².